The predicted molar refractivity (Wildman–Crippen MR) is 76.7 cm³/mol. The second-order valence-corrected chi connectivity index (χ2v) is 6.80. The van der Waals surface area contributed by atoms with Gasteiger partial charge >= 0.3 is 0 Å². The van der Waals surface area contributed by atoms with Crippen LogP contribution in [-0.4, -0.2) is 15.2 Å². The van der Waals surface area contributed by atoms with Gasteiger partial charge in [0.2, 0.25) is 0 Å². The van der Waals surface area contributed by atoms with Gasteiger partial charge in [0.1, 0.15) is 5.82 Å². The molecule has 2 aromatic rings. The average Bonchev–Trinajstić information content (AvgIpc) is 3.18. The molecule has 0 spiro atoms. The van der Waals surface area contributed by atoms with Gasteiger partial charge in [-0.2, -0.15) is 5.10 Å². The zero-order valence-electron chi connectivity index (χ0n) is 11.1. The number of fused-ring (bicyclic) bond motifs is 1. The van der Waals surface area contributed by atoms with E-state index in [0.29, 0.717) is 11.8 Å². The van der Waals surface area contributed by atoms with E-state index in [-0.39, 0.29) is 0 Å². The summed E-state index contributed by atoms with van der Waals surface area (Å²) in [6.45, 7) is 0. The largest absolute Gasteiger partial charge is 0.263 e. The van der Waals surface area contributed by atoms with Gasteiger partial charge in [-0.15, -0.1) is 11.3 Å². The van der Waals surface area contributed by atoms with Gasteiger partial charge in [0.05, 0.1) is 0 Å². The summed E-state index contributed by atoms with van der Waals surface area (Å²) >= 11 is 1.89. The Morgan fingerprint density at radius 2 is 2.05 bits per heavy atom. The van der Waals surface area contributed by atoms with Gasteiger partial charge in [-0.05, 0) is 49.1 Å². The first-order chi connectivity index (χ1) is 9.42. The summed E-state index contributed by atoms with van der Waals surface area (Å²) in [7, 11) is 0. The van der Waals surface area contributed by atoms with Crippen molar-refractivity contribution in [3.05, 3.63) is 33.5 Å². The van der Waals surface area contributed by atoms with Crippen LogP contribution < -0.4 is 0 Å². The number of aromatic nitrogens is 3. The van der Waals surface area contributed by atoms with Gasteiger partial charge in [-0.1, -0.05) is 12.8 Å². The van der Waals surface area contributed by atoms with E-state index in [1.54, 1.807) is 4.88 Å². The van der Waals surface area contributed by atoms with Crippen LogP contribution in [0.2, 0.25) is 0 Å². The first-order valence-corrected chi connectivity index (χ1v) is 8.28. The monoisotopic (exact) mass is 273 g/mol. The molecule has 0 aliphatic heterocycles. The van der Waals surface area contributed by atoms with Crippen molar-refractivity contribution >= 4 is 11.3 Å². The molecule has 4 rings (SSSR count). The number of aryl methyl sites for hydroxylation is 1. The normalized spacial score (nSPS) is 23.7. The minimum atomic E-state index is 0.456. The summed E-state index contributed by atoms with van der Waals surface area (Å²) in [6, 6.07) is 2.28. The number of H-pyrrole nitrogens is 1. The minimum absolute atomic E-state index is 0.456. The Labute approximate surface area is 117 Å². The summed E-state index contributed by atoms with van der Waals surface area (Å²) < 4.78 is 0. The van der Waals surface area contributed by atoms with Crippen LogP contribution >= 0.6 is 11.3 Å². The second kappa shape index (κ2) is 4.75. The number of aromatic amines is 1. The molecule has 2 aliphatic carbocycles. The van der Waals surface area contributed by atoms with E-state index in [2.05, 4.69) is 21.6 Å². The number of thiophene rings is 1. The summed E-state index contributed by atoms with van der Waals surface area (Å²) in [5.74, 6) is 3.23. The lowest BCUT2D eigenvalue weighted by Crippen LogP contribution is -2.10. The number of nitrogens with zero attached hydrogens (tertiary/aromatic N) is 2. The fraction of sp³-hybridized carbons (Fsp3) is 0.600. The molecule has 1 fully saturated rings. The van der Waals surface area contributed by atoms with E-state index in [1.165, 1.54) is 50.5 Å². The van der Waals surface area contributed by atoms with Crippen LogP contribution in [0, 0.1) is 0 Å². The lowest BCUT2D eigenvalue weighted by Gasteiger charge is -2.20. The predicted octanol–water partition coefficient (Wildman–Crippen LogP) is 3.99. The zero-order valence-corrected chi connectivity index (χ0v) is 11.9. The smallest absolute Gasteiger partial charge is 0.153 e. The number of nitrogens with one attached hydrogen (secondary N) is 1. The number of hydrogen-bond donors (Lipinski definition) is 1. The Morgan fingerprint density at radius 3 is 2.95 bits per heavy atom. The fourth-order valence-corrected chi connectivity index (χ4v) is 4.57. The van der Waals surface area contributed by atoms with Crippen molar-refractivity contribution in [1.82, 2.24) is 15.2 Å². The van der Waals surface area contributed by atoms with Crippen LogP contribution in [-0.2, 0) is 6.42 Å². The third-order valence-electron chi connectivity index (χ3n) is 4.62. The summed E-state index contributed by atoms with van der Waals surface area (Å²) in [5.41, 5.74) is 1.49. The van der Waals surface area contributed by atoms with E-state index in [1.807, 2.05) is 11.3 Å². The van der Waals surface area contributed by atoms with Gasteiger partial charge < -0.3 is 0 Å². The molecule has 1 N–H and O–H groups in total. The standard InChI is InChI=1S/C15H19N3S/c1-2-5-10(4-1)14-16-15(18-17-14)12-6-3-7-13-11(12)8-9-19-13/h8-10,12H,1-7H2,(H,16,17,18). The van der Waals surface area contributed by atoms with Crippen molar-refractivity contribution in [3.8, 4) is 0 Å². The van der Waals surface area contributed by atoms with Crippen LogP contribution in [0.25, 0.3) is 0 Å². The molecule has 3 nitrogen and oxygen atoms in total. The molecule has 1 unspecified atom stereocenters. The highest BCUT2D eigenvalue weighted by Crippen LogP contribution is 2.39. The van der Waals surface area contributed by atoms with Crippen molar-refractivity contribution in [2.45, 2.75) is 56.8 Å². The minimum Gasteiger partial charge on any atom is -0.263 e. The lowest BCUT2D eigenvalue weighted by atomic mass is 9.87. The summed E-state index contributed by atoms with van der Waals surface area (Å²) in [6.07, 6.45) is 8.95. The van der Waals surface area contributed by atoms with Gasteiger partial charge in [0, 0.05) is 16.7 Å². The molecule has 1 atom stereocenters. The molecule has 2 aromatic heterocycles. The van der Waals surface area contributed by atoms with Gasteiger partial charge in [-0.3, -0.25) is 5.10 Å². The highest BCUT2D eigenvalue weighted by molar-refractivity contribution is 7.10. The quantitative estimate of drug-likeness (QED) is 0.898. The van der Waals surface area contributed by atoms with Gasteiger partial charge in [0.25, 0.3) is 0 Å². The molecule has 2 aliphatic rings. The van der Waals surface area contributed by atoms with Crippen molar-refractivity contribution in [1.29, 1.82) is 0 Å². The topological polar surface area (TPSA) is 41.6 Å². The van der Waals surface area contributed by atoms with E-state index in [4.69, 9.17) is 4.98 Å². The molecule has 0 amide bonds. The number of rotatable bonds is 2. The van der Waals surface area contributed by atoms with Crippen LogP contribution in [0.5, 0.6) is 0 Å². The van der Waals surface area contributed by atoms with Gasteiger partial charge in [-0.25, -0.2) is 4.98 Å². The maximum atomic E-state index is 4.83. The molecule has 2 heterocycles. The first-order valence-electron chi connectivity index (χ1n) is 7.40. The van der Waals surface area contributed by atoms with Crippen molar-refractivity contribution in [3.63, 3.8) is 0 Å². The molecule has 0 bridgehead atoms. The van der Waals surface area contributed by atoms with E-state index < -0.39 is 0 Å². The van der Waals surface area contributed by atoms with Crippen LogP contribution in [0.3, 0.4) is 0 Å². The van der Waals surface area contributed by atoms with E-state index in [0.717, 1.165) is 11.6 Å². The van der Waals surface area contributed by atoms with Crippen LogP contribution in [0.15, 0.2) is 11.4 Å². The van der Waals surface area contributed by atoms with E-state index >= 15 is 0 Å². The summed E-state index contributed by atoms with van der Waals surface area (Å²) in [5, 5.41) is 9.94. The van der Waals surface area contributed by atoms with Crippen molar-refractivity contribution in [2.75, 3.05) is 0 Å². The average molecular weight is 273 g/mol. The zero-order chi connectivity index (χ0) is 12.7. The molecule has 1 saturated carbocycles. The summed E-state index contributed by atoms with van der Waals surface area (Å²) in [4.78, 5) is 6.38. The maximum absolute atomic E-state index is 4.83. The molecular formula is C15H19N3S. The molecule has 100 valence electrons. The van der Waals surface area contributed by atoms with E-state index in [9.17, 15) is 0 Å². The number of hydrogen-bond acceptors (Lipinski definition) is 3. The third kappa shape index (κ3) is 2.02. The Balaban J connectivity index is 1.63. The van der Waals surface area contributed by atoms with Crippen LogP contribution in [0.1, 0.15) is 72.5 Å². The van der Waals surface area contributed by atoms with Crippen LogP contribution in [0.4, 0.5) is 0 Å². The Kier molecular flexibility index (Phi) is 2.91. The maximum Gasteiger partial charge on any atom is 0.153 e. The Morgan fingerprint density at radius 1 is 1.16 bits per heavy atom. The molecular weight excluding hydrogens is 254 g/mol. The molecule has 0 aromatic carbocycles. The van der Waals surface area contributed by atoms with Crippen molar-refractivity contribution in [2.24, 2.45) is 0 Å². The third-order valence-corrected chi connectivity index (χ3v) is 5.62. The van der Waals surface area contributed by atoms with Gasteiger partial charge in [0.15, 0.2) is 5.82 Å². The molecule has 0 saturated heterocycles. The molecule has 0 radical (unpaired) electrons. The fourth-order valence-electron chi connectivity index (χ4n) is 3.58. The Hall–Kier alpha value is -1.16. The second-order valence-electron chi connectivity index (χ2n) is 5.80. The lowest BCUT2D eigenvalue weighted by molar-refractivity contribution is 0.598. The Bertz CT molecular complexity index is 565. The molecule has 19 heavy (non-hydrogen) atoms. The highest BCUT2D eigenvalue weighted by Gasteiger charge is 2.27. The SMILES string of the molecule is c1cc2c(s1)CCCC2c1nc(C2CCCC2)n[nH]1. The highest BCUT2D eigenvalue weighted by atomic mass is 32.1. The van der Waals surface area contributed by atoms with Crippen molar-refractivity contribution < 1.29 is 0 Å². The molecule has 4 heteroatoms. The first kappa shape index (κ1) is 11.6.